The number of benzene rings is 1. The van der Waals surface area contributed by atoms with Crippen LogP contribution in [-0.4, -0.2) is 28.2 Å². The van der Waals surface area contributed by atoms with E-state index in [1.807, 2.05) is 17.0 Å². The lowest BCUT2D eigenvalue weighted by atomic mass is 9.87. The Morgan fingerprint density at radius 1 is 1.03 bits per heavy atom. The van der Waals surface area contributed by atoms with Crippen LogP contribution in [0, 0.1) is 11.8 Å². The zero-order valence-electron chi connectivity index (χ0n) is 17.0. The van der Waals surface area contributed by atoms with Crippen molar-refractivity contribution in [1.82, 2.24) is 15.2 Å². The zero-order valence-corrected chi connectivity index (χ0v) is 17.0. The van der Waals surface area contributed by atoms with Crippen LogP contribution in [0.2, 0.25) is 0 Å². The average Bonchev–Trinajstić information content (AvgIpc) is 3.63. The van der Waals surface area contributed by atoms with Crippen molar-refractivity contribution in [2.24, 2.45) is 11.8 Å². The van der Waals surface area contributed by atoms with Gasteiger partial charge in [-0.15, -0.1) is 0 Å². The van der Waals surface area contributed by atoms with Gasteiger partial charge in [-0.2, -0.15) is 0 Å². The summed E-state index contributed by atoms with van der Waals surface area (Å²) >= 11 is 0. The highest BCUT2D eigenvalue weighted by Crippen LogP contribution is 2.39. The lowest BCUT2D eigenvalue weighted by Gasteiger charge is -2.39. The summed E-state index contributed by atoms with van der Waals surface area (Å²) in [6.07, 6.45) is 8.09. The smallest absolute Gasteiger partial charge is 0.226 e. The third kappa shape index (κ3) is 4.66. The first-order chi connectivity index (χ1) is 14.2. The molecular formula is C24H29N3O2. The number of carbonyl (C=O) groups is 2. The number of hydrogen-bond acceptors (Lipinski definition) is 3. The lowest BCUT2D eigenvalue weighted by Crippen LogP contribution is -2.47. The topological polar surface area (TPSA) is 62.3 Å². The van der Waals surface area contributed by atoms with Crippen LogP contribution >= 0.6 is 0 Å². The molecule has 1 N–H and O–H groups in total. The van der Waals surface area contributed by atoms with Crippen LogP contribution in [0.15, 0.2) is 48.8 Å². The number of piperidine rings is 1. The van der Waals surface area contributed by atoms with Crippen LogP contribution in [0.4, 0.5) is 0 Å². The molecule has 5 heteroatoms. The Morgan fingerprint density at radius 3 is 2.45 bits per heavy atom. The number of aryl methyl sites for hydroxylation is 1. The Bertz CT molecular complexity index is 846. The summed E-state index contributed by atoms with van der Waals surface area (Å²) in [7, 11) is 0. The van der Waals surface area contributed by atoms with E-state index in [4.69, 9.17) is 0 Å². The van der Waals surface area contributed by atoms with E-state index in [1.165, 1.54) is 11.1 Å². The summed E-state index contributed by atoms with van der Waals surface area (Å²) in [5, 5.41) is 3.03. The Labute approximate surface area is 172 Å². The molecule has 4 rings (SSSR count). The number of nitrogens with one attached hydrogen (secondary N) is 1. The van der Waals surface area contributed by atoms with E-state index in [2.05, 4.69) is 41.5 Å². The number of nitrogens with zero attached hydrogens (tertiary/aromatic N) is 2. The zero-order chi connectivity index (χ0) is 20.2. The molecule has 2 fully saturated rings. The summed E-state index contributed by atoms with van der Waals surface area (Å²) in [5.74, 6) is 0.256. The van der Waals surface area contributed by atoms with Crippen molar-refractivity contribution < 1.29 is 9.59 Å². The molecular weight excluding hydrogens is 362 g/mol. The number of hydrogen-bond donors (Lipinski definition) is 1. The molecule has 1 saturated heterocycles. The fourth-order valence-electron chi connectivity index (χ4n) is 4.15. The van der Waals surface area contributed by atoms with Gasteiger partial charge in [-0.25, -0.2) is 0 Å². The Morgan fingerprint density at radius 2 is 1.79 bits per heavy atom. The molecule has 5 nitrogen and oxygen atoms in total. The number of rotatable bonds is 6. The maximum absolute atomic E-state index is 13.0. The van der Waals surface area contributed by atoms with Crippen molar-refractivity contribution in [3.8, 4) is 0 Å². The maximum Gasteiger partial charge on any atom is 0.226 e. The summed E-state index contributed by atoms with van der Waals surface area (Å²) < 4.78 is 0. The quantitative estimate of drug-likeness (QED) is 0.818. The van der Waals surface area contributed by atoms with Crippen LogP contribution in [0.3, 0.4) is 0 Å². The number of amides is 2. The van der Waals surface area contributed by atoms with E-state index in [9.17, 15) is 9.59 Å². The van der Waals surface area contributed by atoms with Crippen molar-refractivity contribution in [2.45, 2.75) is 51.6 Å². The van der Waals surface area contributed by atoms with E-state index >= 15 is 0 Å². The fraction of sp³-hybridized carbons (Fsp3) is 0.458. The molecule has 2 amide bonds. The molecule has 152 valence electrons. The molecule has 2 heterocycles. The average molecular weight is 392 g/mol. The second kappa shape index (κ2) is 8.76. The van der Waals surface area contributed by atoms with Gasteiger partial charge in [0, 0.05) is 31.4 Å². The van der Waals surface area contributed by atoms with Gasteiger partial charge < -0.3 is 10.2 Å². The second-order valence-corrected chi connectivity index (χ2v) is 8.23. The van der Waals surface area contributed by atoms with Crippen LogP contribution in [0.5, 0.6) is 0 Å². The first-order valence-electron chi connectivity index (χ1n) is 10.7. The minimum absolute atomic E-state index is 0.0298. The number of aromatic nitrogens is 1. The molecule has 0 unspecified atom stereocenters. The molecule has 2 aliphatic rings. The summed E-state index contributed by atoms with van der Waals surface area (Å²) in [5.41, 5.74) is 3.47. The monoisotopic (exact) mass is 391 g/mol. The van der Waals surface area contributed by atoms with Crippen LogP contribution < -0.4 is 5.32 Å². The SMILES string of the molecule is CCc1ccc([C@H]2CC[C@H](C(=O)NCc3cccnc3)CN2C(=O)C2CC2)cc1. The van der Waals surface area contributed by atoms with Crippen LogP contribution in [-0.2, 0) is 22.6 Å². The van der Waals surface area contributed by atoms with Crippen molar-refractivity contribution in [2.75, 3.05) is 6.54 Å². The molecule has 29 heavy (non-hydrogen) atoms. The highest BCUT2D eigenvalue weighted by Gasteiger charge is 2.41. The molecule has 1 aromatic heterocycles. The first-order valence-corrected chi connectivity index (χ1v) is 10.7. The standard InChI is InChI=1S/C24H29N3O2/c1-2-17-5-7-19(8-6-17)22-12-11-21(16-27(22)24(29)20-9-10-20)23(28)26-15-18-4-3-13-25-14-18/h3-8,13-14,20-22H,2,9-12,15-16H2,1H3,(H,26,28)/t21-,22+/m0/s1. The fourth-order valence-corrected chi connectivity index (χ4v) is 4.15. The predicted octanol–water partition coefficient (Wildman–Crippen LogP) is 3.65. The third-order valence-electron chi connectivity index (χ3n) is 6.12. The molecule has 0 spiro atoms. The highest BCUT2D eigenvalue weighted by molar-refractivity contribution is 5.84. The molecule has 0 radical (unpaired) electrons. The Balaban J connectivity index is 1.44. The Hall–Kier alpha value is -2.69. The van der Waals surface area contributed by atoms with Gasteiger partial charge in [-0.1, -0.05) is 37.3 Å². The Kier molecular flexibility index (Phi) is 5.93. The normalized spacial score (nSPS) is 21.6. The van der Waals surface area contributed by atoms with Crippen molar-refractivity contribution in [3.63, 3.8) is 0 Å². The number of carbonyl (C=O) groups excluding carboxylic acids is 2. The molecule has 1 aliphatic carbocycles. The van der Waals surface area contributed by atoms with Gasteiger partial charge in [0.25, 0.3) is 0 Å². The molecule has 0 bridgehead atoms. The van der Waals surface area contributed by atoms with E-state index < -0.39 is 0 Å². The summed E-state index contributed by atoms with van der Waals surface area (Å²) in [6.45, 7) is 3.13. The molecule has 2 aromatic rings. The van der Waals surface area contributed by atoms with Crippen molar-refractivity contribution in [1.29, 1.82) is 0 Å². The summed E-state index contributed by atoms with van der Waals surface area (Å²) in [6, 6.07) is 12.5. The van der Waals surface area contributed by atoms with E-state index in [-0.39, 0.29) is 29.7 Å². The van der Waals surface area contributed by atoms with E-state index in [0.29, 0.717) is 13.1 Å². The van der Waals surface area contributed by atoms with Gasteiger partial charge in [0.05, 0.1) is 12.0 Å². The molecule has 1 aromatic carbocycles. The van der Waals surface area contributed by atoms with Gasteiger partial charge in [-0.3, -0.25) is 14.6 Å². The van der Waals surface area contributed by atoms with Gasteiger partial charge in [0.1, 0.15) is 0 Å². The van der Waals surface area contributed by atoms with Gasteiger partial charge in [-0.05, 0) is 54.9 Å². The van der Waals surface area contributed by atoms with Crippen molar-refractivity contribution in [3.05, 3.63) is 65.5 Å². The van der Waals surface area contributed by atoms with Crippen molar-refractivity contribution >= 4 is 11.8 Å². The lowest BCUT2D eigenvalue weighted by molar-refractivity contribution is -0.140. The van der Waals surface area contributed by atoms with Crippen LogP contribution in [0.1, 0.15) is 55.3 Å². The maximum atomic E-state index is 13.0. The highest BCUT2D eigenvalue weighted by atomic mass is 16.2. The minimum Gasteiger partial charge on any atom is -0.352 e. The molecule has 2 atom stereocenters. The largest absolute Gasteiger partial charge is 0.352 e. The molecule has 1 saturated carbocycles. The molecule has 1 aliphatic heterocycles. The third-order valence-corrected chi connectivity index (χ3v) is 6.12. The van der Waals surface area contributed by atoms with Crippen LogP contribution in [0.25, 0.3) is 0 Å². The second-order valence-electron chi connectivity index (χ2n) is 8.23. The number of likely N-dealkylation sites (tertiary alicyclic amines) is 1. The number of pyridine rings is 1. The summed E-state index contributed by atoms with van der Waals surface area (Å²) in [4.78, 5) is 31.9. The predicted molar refractivity (Wildman–Crippen MR) is 112 cm³/mol. The van der Waals surface area contributed by atoms with E-state index in [1.54, 1.807) is 12.4 Å². The minimum atomic E-state index is -0.152. The van der Waals surface area contributed by atoms with E-state index in [0.717, 1.165) is 37.7 Å². The first kappa shape index (κ1) is 19.6. The van der Waals surface area contributed by atoms with Gasteiger partial charge >= 0.3 is 0 Å². The van der Waals surface area contributed by atoms with Gasteiger partial charge in [0.15, 0.2) is 0 Å². The van der Waals surface area contributed by atoms with Gasteiger partial charge in [0.2, 0.25) is 11.8 Å².